The first-order chi connectivity index (χ1) is 15.0. The molecule has 2 amide bonds. The van der Waals surface area contributed by atoms with Crippen LogP contribution in [0.25, 0.3) is 0 Å². The van der Waals surface area contributed by atoms with Gasteiger partial charge in [-0.15, -0.1) is 0 Å². The van der Waals surface area contributed by atoms with Crippen LogP contribution < -0.4 is 10.6 Å². The van der Waals surface area contributed by atoms with Crippen molar-refractivity contribution in [1.82, 2.24) is 10.2 Å². The van der Waals surface area contributed by atoms with Crippen LogP contribution in [0, 0.1) is 0 Å². The molecule has 2 N–H and O–H groups in total. The topological polar surface area (TPSA) is 70.7 Å². The van der Waals surface area contributed by atoms with Crippen molar-refractivity contribution < 1.29 is 14.3 Å². The standard InChI is InChI=1S/C25H33N3O3/c1-19(2)20-10-12-22(13-11-20)27-25(30)24(29)26-14-6-7-15-28-16-17-31-23(18-28)21-8-4-3-5-9-21/h3-5,8-13,19,23H,6-7,14-18H2,1-2H3,(H,26,29)(H,27,30). The van der Waals surface area contributed by atoms with Gasteiger partial charge in [-0.2, -0.15) is 0 Å². The van der Waals surface area contributed by atoms with Gasteiger partial charge < -0.3 is 15.4 Å². The van der Waals surface area contributed by atoms with Gasteiger partial charge in [0.25, 0.3) is 0 Å². The van der Waals surface area contributed by atoms with Gasteiger partial charge in [0.1, 0.15) is 0 Å². The number of carbonyl (C=O) groups is 2. The minimum Gasteiger partial charge on any atom is -0.371 e. The van der Waals surface area contributed by atoms with Crippen LogP contribution in [-0.4, -0.2) is 49.5 Å². The lowest BCUT2D eigenvalue weighted by Gasteiger charge is -2.33. The van der Waals surface area contributed by atoms with Crippen molar-refractivity contribution in [2.24, 2.45) is 0 Å². The maximum absolute atomic E-state index is 12.1. The third-order valence-corrected chi connectivity index (χ3v) is 5.55. The predicted molar refractivity (Wildman–Crippen MR) is 123 cm³/mol. The van der Waals surface area contributed by atoms with Crippen molar-refractivity contribution in [1.29, 1.82) is 0 Å². The molecule has 1 atom stereocenters. The van der Waals surface area contributed by atoms with Crippen molar-refractivity contribution in [3.05, 3.63) is 65.7 Å². The Morgan fingerprint density at radius 1 is 1.03 bits per heavy atom. The van der Waals surface area contributed by atoms with Crippen LogP contribution in [-0.2, 0) is 14.3 Å². The van der Waals surface area contributed by atoms with Gasteiger partial charge in [-0.1, -0.05) is 56.3 Å². The van der Waals surface area contributed by atoms with Gasteiger partial charge >= 0.3 is 11.8 Å². The molecule has 31 heavy (non-hydrogen) atoms. The Morgan fingerprint density at radius 2 is 1.77 bits per heavy atom. The molecule has 1 saturated heterocycles. The Hall–Kier alpha value is -2.70. The monoisotopic (exact) mass is 423 g/mol. The van der Waals surface area contributed by atoms with E-state index in [0.29, 0.717) is 18.2 Å². The van der Waals surface area contributed by atoms with E-state index in [1.165, 1.54) is 11.1 Å². The zero-order valence-electron chi connectivity index (χ0n) is 18.5. The molecule has 1 heterocycles. The second kappa shape index (κ2) is 11.6. The van der Waals surface area contributed by atoms with Crippen LogP contribution in [0.15, 0.2) is 54.6 Å². The lowest BCUT2D eigenvalue weighted by Crippen LogP contribution is -2.39. The number of anilines is 1. The van der Waals surface area contributed by atoms with Gasteiger partial charge in [-0.25, -0.2) is 0 Å². The Labute approximate surface area is 185 Å². The molecule has 1 unspecified atom stereocenters. The summed E-state index contributed by atoms with van der Waals surface area (Å²) in [7, 11) is 0. The highest BCUT2D eigenvalue weighted by Gasteiger charge is 2.21. The fourth-order valence-corrected chi connectivity index (χ4v) is 3.66. The molecule has 2 aromatic carbocycles. The van der Waals surface area contributed by atoms with Crippen LogP contribution in [0.3, 0.4) is 0 Å². The minimum atomic E-state index is -0.629. The number of hydrogen-bond donors (Lipinski definition) is 2. The second-order valence-electron chi connectivity index (χ2n) is 8.26. The normalized spacial score (nSPS) is 16.8. The smallest absolute Gasteiger partial charge is 0.313 e. The molecule has 2 aromatic rings. The number of unbranched alkanes of at least 4 members (excludes halogenated alkanes) is 1. The quantitative estimate of drug-likeness (QED) is 0.502. The number of morpholine rings is 1. The van der Waals surface area contributed by atoms with Crippen molar-refractivity contribution in [3.8, 4) is 0 Å². The summed E-state index contributed by atoms with van der Waals surface area (Å²) in [6.45, 7) is 8.21. The maximum atomic E-state index is 12.1. The number of nitrogens with zero attached hydrogens (tertiary/aromatic N) is 1. The lowest BCUT2D eigenvalue weighted by atomic mass is 10.0. The van der Waals surface area contributed by atoms with Crippen LogP contribution in [0.1, 0.15) is 49.8 Å². The molecule has 0 spiro atoms. The number of hydrogen-bond acceptors (Lipinski definition) is 4. The number of nitrogens with one attached hydrogen (secondary N) is 2. The van der Waals surface area contributed by atoms with E-state index in [1.807, 2.05) is 42.5 Å². The predicted octanol–water partition coefficient (Wildman–Crippen LogP) is 3.72. The summed E-state index contributed by atoms with van der Waals surface area (Å²) in [5.74, 6) is -0.797. The van der Waals surface area contributed by atoms with Crippen molar-refractivity contribution >= 4 is 17.5 Å². The van der Waals surface area contributed by atoms with Gasteiger partial charge in [-0.3, -0.25) is 14.5 Å². The second-order valence-corrected chi connectivity index (χ2v) is 8.26. The zero-order valence-corrected chi connectivity index (χ0v) is 18.5. The average molecular weight is 424 g/mol. The first-order valence-electron chi connectivity index (χ1n) is 11.1. The Bertz CT molecular complexity index is 837. The number of rotatable bonds is 8. The van der Waals surface area contributed by atoms with Gasteiger partial charge in [0.05, 0.1) is 12.7 Å². The molecule has 6 heteroatoms. The number of amides is 2. The summed E-state index contributed by atoms with van der Waals surface area (Å²) >= 11 is 0. The highest BCUT2D eigenvalue weighted by molar-refractivity contribution is 6.39. The Balaban J connectivity index is 1.32. The highest BCUT2D eigenvalue weighted by Crippen LogP contribution is 2.22. The molecule has 1 aliphatic heterocycles. The molecule has 3 rings (SSSR count). The molecule has 1 fully saturated rings. The molecule has 1 aliphatic rings. The van der Waals surface area contributed by atoms with E-state index in [1.54, 1.807) is 0 Å². The maximum Gasteiger partial charge on any atom is 0.313 e. The van der Waals surface area contributed by atoms with Gasteiger partial charge in [0.2, 0.25) is 0 Å². The van der Waals surface area contributed by atoms with E-state index < -0.39 is 11.8 Å². The van der Waals surface area contributed by atoms with Crippen LogP contribution in [0.4, 0.5) is 5.69 Å². The van der Waals surface area contributed by atoms with E-state index in [4.69, 9.17) is 4.74 Å². The third-order valence-electron chi connectivity index (χ3n) is 5.55. The largest absolute Gasteiger partial charge is 0.371 e. The molecular formula is C25H33N3O3. The fraction of sp³-hybridized carbons (Fsp3) is 0.440. The Morgan fingerprint density at radius 3 is 2.48 bits per heavy atom. The summed E-state index contributed by atoms with van der Waals surface area (Å²) in [5.41, 5.74) is 3.03. The molecule has 0 radical (unpaired) electrons. The van der Waals surface area contributed by atoms with Crippen molar-refractivity contribution in [2.75, 3.05) is 38.1 Å². The Kier molecular flexibility index (Phi) is 8.62. The highest BCUT2D eigenvalue weighted by atomic mass is 16.5. The third kappa shape index (κ3) is 7.19. The van der Waals surface area contributed by atoms with Crippen LogP contribution in [0.5, 0.6) is 0 Å². The first kappa shape index (κ1) is 23.0. The first-order valence-corrected chi connectivity index (χ1v) is 11.1. The summed E-state index contributed by atoms with van der Waals surface area (Å²) in [6, 6.07) is 17.9. The molecule has 6 nitrogen and oxygen atoms in total. The van der Waals surface area contributed by atoms with Gasteiger partial charge in [0.15, 0.2) is 0 Å². The fourth-order valence-electron chi connectivity index (χ4n) is 3.66. The van der Waals surface area contributed by atoms with Crippen LogP contribution in [0.2, 0.25) is 0 Å². The summed E-state index contributed by atoms with van der Waals surface area (Å²) in [4.78, 5) is 26.5. The molecular weight excluding hydrogens is 390 g/mol. The van der Waals surface area contributed by atoms with Gasteiger partial charge in [0, 0.05) is 25.3 Å². The van der Waals surface area contributed by atoms with E-state index in [0.717, 1.165) is 39.1 Å². The van der Waals surface area contributed by atoms with Crippen LogP contribution >= 0.6 is 0 Å². The number of benzene rings is 2. The molecule has 0 saturated carbocycles. The molecule has 0 bridgehead atoms. The summed E-state index contributed by atoms with van der Waals surface area (Å²) in [5, 5.41) is 5.36. The molecule has 166 valence electrons. The molecule has 0 aromatic heterocycles. The lowest BCUT2D eigenvalue weighted by molar-refractivity contribution is -0.136. The van der Waals surface area contributed by atoms with E-state index in [2.05, 4.69) is 41.5 Å². The van der Waals surface area contributed by atoms with E-state index in [9.17, 15) is 9.59 Å². The van der Waals surface area contributed by atoms with Gasteiger partial charge in [-0.05, 0) is 48.6 Å². The summed E-state index contributed by atoms with van der Waals surface area (Å²) in [6.07, 6.45) is 1.91. The van der Waals surface area contributed by atoms with E-state index in [-0.39, 0.29) is 6.10 Å². The summed E-state index contributed by atoms with van der Waals surface area (Å²) < 4.78 is 5.90. The van der Waals surface area contributed by atoms with Crippen molar-refractivity contribution in [3.63, 3.8) is 0 Å². The minimum absolute atomic E-state index is 0.118. The SMILES string of the molecule is CC(C)c1ccc(NC(=O)C(=O)NCCCCN2CCOC(c3ccccc3)C2)cc1. The van der Waals surface area contributed by atoms with E-state index >= 15 is 0 Å². The number of carbonyl (C=O) groups excluding carboxylic acids is 2. The zero-order chi connectivity index (χ0) is 22.1. The molecule has 0 aliphatic carbocycles. The van der Waals surface area contributed by atoms with Crippen molar-refractivity contribution in [2.45, 2.75) is 38.7 Å². The number of ether oxygens (including phenoxy) is 1. The average Bonchev–Trinajstić information content (AvgIpc) is 2.80.